The zero-order chi connectivity index (χ0) is 11.7. The minimum Gasteiger partial charge on any atom is -0.469 e. The highest BCUT2D eigenvalue weighted by molar-refractivity contribution is 5.11. The molecule has 2 aliphatic carbocycles. The van der Waals surface area contributed by atoms with Crippen molar-refractivity contribution in [3.05, 3.63) is 36.3 Å². The smallest absolute Gasteiger partial charge is 0.105 e. The van der Waals surface area contributed by atoms with Gasteiger partial charge in [0.25, 0.3) is 0 Å². The molecule has 17 heavy (non-hydrogen) atoms. The first-order valence-electron chi connectivity index (χ1n) is 6.77. The predicted octanol–water partition coefficient (Wildman–Crippen LogP) is 3.01. The topological polar surface area (TPSA) is 25.2 Å². The van der Waals surface area contributed by atoms with E-state index in [-0.39, 0.29) is 0 Å². The minimum atomic E-state index is 0.630. The first kappa shape index (κ1) is 11.1. The van der Waals surface area contributed by atoms with Crippen molar-refractivity contribution < 1.29 is 4.42 Å². The molecule has 1 saturated carbocycles. The van der Waals surface area contributed by atoms with Crippen molar-refractivity contribution in [2.75, 3.05) is 6.54 Å². The standard InChI is InChI=1S/C15H21NO/c1-11(15-10-12-4-5-13(15)9-12)16-7-6-14-3-2-8-17-14/h2-5,8,11-13,15-16H,6-7,9-10H2,1H3. The van der Waals surface area contributed by atoms with E-state index in [9.17, 15) is 0 Å². The molecule has 0 aliphatic heterocycles. The van der Waals surface area contributed by atoms with Crippen LogP contribution in [0.1, 0.15) is 25.5 Å². The van der Waals surface area contributed by atoms with E-state index >= 15 is 0 Å². The monoisotopic (exact) mass is 231 g/mol. The normalized spacial score (nSPS) is 32.2. The molecule has 4 atom stereocenters. The number of rotatable bonds is 5. The van der Waals surface area contributed by atoms with Gasteiger partial charge in [0, 0.05) is 19.0 Å². The van der Waals surface area contributed by atoms with Crippen molar-refractivity contribution >= 4 is 0 Å². The maximum absolute atomic E-state index is 5.34. The van der Waals surface area contributed by atoms with Crippen molar-refractivity contribution in [1.82, 2.24) is 5.32 Å². The van der Waals surface area contributed by atoms with Crippen LogP contribution in [0.3, 0.4) is 0 Å². The molecule has 2 bridgehead atoms. The molecule has 4 unspecified atom stereocenters. The largest absolute Gasteiger partial charge is 0.469 e. The Kier molecular flexibility index (Phi) is 3.06. The Hall–Kier alpha value is -1.02. The van der Waals surface area contributed by atoms with Crippen LogP contribution in [-0.4, -0.2) is 12.6 Å². The van der Waals surface area contributed by atoms with Gasteiger partial charge in [-0.2, -0.15) is 0 Å². The molecule has 92 valence electrons. The summed E-state index contributed by atoms with van der Waals surface area (Å²) in [5.74, 6) is 3.64. The van der Waals surface area contributed by atoms with E-state index in [1.807, 2.05) is 12.1 Å². The number of nitrogens with one attached hydrogen (secondary N) is 1. The zero-order valence-electron chi connectivity index (χ0n) is 10.4. The summed E-state index contributed by atoms with van der Waals surface area (Å²) in [4.78, 5) is 0. The van der Waals surface area contributed by atoms with E-state index < -0.39 is 0 Å². The Morgan fingerprint density at radius 1 is 1.41 bits per heavy atom. The van der Waals surface area contributed by atoms with E-state index in [1.54, 1.807) is 6.26 Å². The summed E-state index contributed by atoms with van der Waals surface area (Å²) in [6.07, 6.45) is 10.4. The van der Waals surface area contributed by atoms with Gasteiger partial charge in [-0.15, -0.1) is 0 Å². The molecular formula is C15H21NO. The summed E-state index contributed by atoms with van der Waals surface area (Å²) in [6.45, 7) is 3.35. The van der Waals surface area contributed by atoms with Crippen molar-refractivity contribution in [3.63, 3.8) is 0 Å². The van der Waals surface area contributed by atoms with Gasteiger partial charge in [0.2, 0.25) is 0 Å². The number of allylic oxidation sites excluding steroid dienone is 2. The highest BCUT2D eigenvalue weighted by Gasteiger charge is 2.38. The van der Waals surface area contributed by atoms with E-state index in [0.717, 1.165) is 36.5 Å². The minimum absolute atomic E-state index is 0.630. The van der Waals surface area contributed by atoms with Crippen LogP contribution in [0.4, 0.5) is 0 Å². The molecule has 1 fully saturated rings. The van der Waals surface area contributed by atoms with E-state index in [4.69, 9.17) is 4.42 Å². The lowest BCUT2D eigenvalue weighted by molar-refractivity contribution is 0.326. The summed E-state index contributed by atoms with van der Waals surface area (Å²) in [5, 5.41) is 3.65. The first-order chi connectivity index (χ1) is 8.33. The van der Waals surface area contributed by atoms with Gasteiger partial charge in [0.1, 0.15) is 5.76 Å². The molecule has 1 aromatic heterocycles. The zero-order valence-corrected chi connectivity index (χ0v) is 10.4. The number of furan rings is 1. The lowest BCUT2D eigenvalue weighted by Gasteiger charge is -2.26. The molecule has 3 rings (SSSR count). The lowest BCUT2D eigenvalue weighted by atomic mass is 9.87. The SMILES string of the molecule is CC(NCCc1ccco1)C1CC2C=CC1C2. The Labute approximate surface area is 103 Å². The lowest BCUT2D eigenvalue weighted by Crippen LogP contribution is -2.36. The van der Waals surface area contributed by atoms with Gasteiger partial charge in [-0.25, -0.2) is 0 Å². The molecule has 0 radical (unpaired) electrons. The molecule has 0 aromatic carbocycles. The fourth-order valence-corrected chi connectivity index (χ4v) is 3.43. The summed E-state index contributed by atoms with van der Waals surface area (Å²) in [5.41, 5.74) is 0. The van der Waals surface area contributed by atoms with E-state index in [2.05, 4.69) is 24.4 Å². The fraction of sp³-hybridized carbons (Fsp3) is 0.600. The second-order valence-corrected chi connectivity index (χ2v) is 5.52. The Morgan fingerprint density at radius 2 is 2.35 bits per heavy atom. The third kappa shape index (κ3) is 2.32. The van der Waals surface area contributed by atoms with Gasteiger partial charge in [-0.05, 0) is 49.7 Å². The molecule has 1 N–H and O–H groups in total. The Morgan fingerprint density at radius 3 is 3.00 bits per heavy atom. The van der Waals surface area contributed by atoms with Crippen LogP contribution in [0.25, 0.3) is 0 Å². The predicted molar refractivity (Wildman–Crippen MR) is 68.7 cm³/mol. The van der Waals surface area contributed by atoms with Crippen molar-refractivity contribution in [3.8, 4) is 0 Å². The van der Waals surface area contributed by atoms with Crippen LogP contribution >= 0.6 is 0 Å². The number of hydrogen-bond acceptors (Lipinski definition) is 2. The van der Waals surface area contributed by atoms with Crippen molar-refractivity contribution in [1.29, 1.82) is 0 Å². The first-order valence-corrected chi connectivity index (χ1v) is 6.77. The summed E-state index contributed by atoms with van der Waals surface area (Å²) in [6, 6.07) is 4.64. The van der Waals surface area contributed by atoms with Gasteiger partial charge in [0.05, 0.1) is 6.26 Å². The molecule has 1 aromatic rings. The van der Waals surface area contributed by atoms with Crippen LogP contribution in [0.5, 0.6) is 0 Å². The molecular weight excluding hydrogens is 210 g/mol. The van der Waals surface area contributed by atoms with Crippen molar-refractivity contribution in [2.45, 2.75) is 32.2 Å². The molecule has 0 amide bonds. The summed E-state index contributed by atoms with van der Waals surface area (Å²) in [7, 11) is 0. The second-order valence-electron chi connectivity index (χ2n) is 5.52. The highest BCUT2D eigenvalue weighted by Crippen LogP contribution is 2.44. The van der Waals surface area contributed by atoms with Crippen LogP contribution < -0.4 is 5.32 Å². The number of fused-ring (bicyclic) bond motifs is 2. The third-order valence-electron chi connectivity index (χ3n) is 4.39. The van der Waals surface area contributed by atoms with Crippen molar-refractivity contribution in [2.24, 2.45) is 17.8 Å². The molecule has 2 aliphatic rings. The molecule has 0 spiro atoms. The maximum Gasteiger partial charge on any atom is 0.105 e. The van der Waals surface area contributed by atoms with Gasteiger partial charge >= 0.3 is 0 Å². The van der Waals surface area contributed by atoms with Gasteiger partial charge < -0.3 is 9.73 Å². The van der Waals surface area contributed by atoms with Crippen LogP contribution in [-0.2, 0) is 6.42 Å². The van der Waals surface area contributed by atoms with Crippen LogP contribution in [0.15, 0.2) is 35.0 Å². The van der Waals surface area contributed by atoms with Gasteiger partial charge in [-0.1, -0.05) is 12.2 Å². The summed E-state index contributed by atoms with van der Waals surface area (Å²) >= 11 is 0. The van der Waals surface area contributed by atoms with Gasteiger partial charge in [-0.3, -0.25) is 0 Å². The highest BCUT2D eigenvalue weighted by atomic mass is 16.3. The van der Waals surface area contributed by atoms with E-state index in [1.165, 1.54) is 12.8 Å². The quantitative estimate of drug-likeness (QED) is 0.788. The second kappa shape index (κ2) is 4.69. The Bertz CT molecular complexity index is 382. The average Bonchev–Trinajstić information content (AvgIpc) is 3.05. The molecule has 2 nitrogen and oxygen atoms in total. The third-order valence-corrected chi connectivity index (χ3v) is 4.39. The fourth-order valence-electron chi connectivity index (χ4n) is 3.43. The molecule has 1 heterocycles. The average molecular weight is 231 g/mol. The summed E-state index contributed by atoms with van der Waals surface area (Å²) < 4.78 is 5.34. The molecule has 0 saturated heterocycles. The van der Waals surface area contributed by atoms with E-state index in [0.29, 0.717) is 6.04 Å². The molecule has 2 heteroatoms. The maximum atomic E-state index is 5.34. The van der Waals surface area contributed by atoms with Crippen LogP contribution in [0.2, 0.25) is 0 Å². The number of hydrogen-bond donors (Lipinski definition) is 1. The van der Waals surface area contributed by atoms with Gasteiger partial charge in [0.15, 0.2) is 0 Å². The Balaban J connectivity index is 1.45. The van der Waals surface area contributed by atoms with Crippen LogP contribution in [0, 0.1) is 17.8 Å².